The third kappa shape index (κ3) is 2.08. The number of rotatable bonds is 1. The highest BCUT2D eigenvalue weighted by Crippen LogP contribution is 2.29. The van der Waals surface area contributed by atoms with Gasteiger partial charge in [0.1, 0.15) is 11.2 Å². The van der Waals surface area contributed by atoms with Gasteiger partial charge in [0, 0.05) is 29.4 Å². The molecule has 0 bridgehead atoms. The Bertz CT molecular complexity index is 815. The Morgan fingerprint density at radius 1 is 0.952 bits per heavy atom. The monoisotopic (exact) mass is 281 g/mol. The summed E-state index contributed by atoms with van der Waals surface area (Å²) in [5, 5.41) is 2.04. The highest BCUT2D eigenvalue weighted by Gasteiger charge is 2.19. The van der Waals surface area contributed by atoms with Crippen LogP contribution in [0.5, 0.6) is 0 Å². The highest BCUT2D eigenvalue weighted by molar-refractivity contribution is 6.08. The van der Waals surface area contributed by atoms with Gasteiger partial charge in [0.15, 0.2) is 0 Å². The normalized spacial score (nSPS) is 15.7. The maximum Gasteiger partial charge on any atom is 0.254 e. The molecule has 1 fully saturated rings. The number of benzene rings is 2. The predicted molar refractivity (Wildman–Crippen MR) is 80.4 cm³/mol. The zero-order chi connectivity index (χ0) is 14.2. The molecule has 0 spiro atoms. The summed E-state index contributed by atoms with van der Waals surface area (Å²) in [5.41, 5.74) is 2.37. The Morgan fingerprint density at radius 2 is 1.71 bits per heavy atom. The average Bonchev–Trinajstić information content (AvgIpc) is 2.93. The van der Waals surface area contributed by atoms with Gasteiger partial charge in [-0.2, -0.15) is 0 Å². The van der Waals surface area contributed by atoms with Crippen molar-refractivity contribution < 1.29 is 13.9 Å². The number of ether oxygens (including phenoxy) is 1. The highest BCUT2D eigenvalue weighted by atomic mass is 16.5. The smallest absolute Gasteiger partial charge is 0.254 e. The molecule has 1 aliphatic rings. The van der Waals surface area contributed by atoms with E-state index in [1.807, 2.05) is 47.4 Å². The van der Waals surface area contributed by atoms with Gasteiger partial charge in [0.25, 0.3) is 5.91 Å². The number of morpholine rings is 1. The van der Waals surface area contributed by atoms with Crippen LogP contribution in [0.3, 0.4) is 0 Å². The van der Waals surface area contributed by atoms with Crippen LogP contribution in [0.2, 0.25) is 0 Å². The van der Waals surface area contributed by atoms with Crippen LogP contribution in [0.4, 0.5) is 0 Å². The number of amides is 1. The van der Waals surface area contributed by atoms with E-state index in [-0.39, 0.29) is 5.91 Å². The molecule has 0 saturated carbocycles. The van der Waals surface area contributed by atoms with Crippen molar-refractivity contribution in [1.82, 2.24) is 4.90 Å². The second-order valence-electron chi connectivity index (χ2n) is 5.21. The number of hydrogen-bond acceptors (Lipinski definition) is 3. The van der Waals surface area contributed by atoms with Crippen molar-refractivity contribution in [1.29, 1.82) is 0 Å². The minimum Gasteiger partial charge on any atom is -0.456 e. The van der Waals surface area contributed by atoms with Crippen LogP contribution in [0.25, 0.3) is 21.9 Å². The minimum atomic E-state index is 0.0606. The van der Waals surface area contributed by atoms with Gasteiger partial charge in [-0.1, -0.05) is 18.2 Å². The first-order valence-electron chi connectivity index (χ1n) is 7.11. The van der Waals surface area contributed by atoms with E-state index in [1.165, 1.54) is 0 Å². The maximum absolute atomic E-state index is 12.5. The van der Waals surface area contributed by atoms with Crippen LogP contribution in [0.1, 0.15) is 10.4 Å². The van der Waals surface area contributed by atoms with Gasteiger partial charge in [-0.05, 0) is 24.3 Å². The van der Waals surface area contributed by atoms with E-state index in [1.54, 1.807) is 0 Å². The first kappa shape index (κ1) is 12.4. The molecule has 1 amide bonds. The zero-order valence-electron chi connectivity index (χ0n) is 11.5. The molecule has 106 valence electrons. The lowest BCUT2D eigenvalue weighted by Crippen LogP contribution is -2.40. The molecule has 0 radical (unpaired) electrons. The number of carbonyl (C=O) groups is 1. The third-order valence-electron chi connectivity index (χ3n) is 3.92. The maximum atomic E-state index is 12.5. The summed E-state index contributed by atoms with van der Waals surface area (Å²) in [6, 6.07) is 13.5. The summed E-state index contributed by atoms with van der Waals surface area (Å²) in [7, 11) is 0. The molecule has 1 aromatic heterocycles. The number of para-hydroxylation sites is 1. The van der Waals surface area contributed by atoms with E-state index in [0.717, 1.165) is 21.9 Å². The van der Waals surface area contributed by atoms with Crippen molar-refractivity contribution >= 4 is 27.8 Å². The first-order valence-corrected chi connectivity index (χ1v) is 7.11. The fourth-order valence-corrected chi connectivity index (χ4v) is 2.81. The Hall–Kier alpha value is -2.33. The van der Waals surface area contributed by atoms with Gasteiger partial charge < -0.3 is 14.1 Å². The fraction of sp³-hybridized carbons (Fsp3) is 0.235. The molecule has 0 aliphatic carbocycles. The van der Waals surface area contributed by atoms with Crippen LogP contribution in [0.15, 0.2) is 46.9 Å². The average molecular weight is 281 g/mol. The fourth-order valence-electron chi connectivity index (χ4n) is 2.81. The lowest BCUT2D eigenvalue weighted by atomic mass is 10.1. The van der Waals surface area contributed by atoms with E-state index in [2.05, 4.69) is 0 Å². The number of fused-ring (bicyclic) bond motifs is 3. The molecule has 0 N–H and O–H groups in total. The molecule has 2 aromatic carbocycles. The van der Waals surface area contributed by atoms with Crippen molar-refractivity contribution in [3.8, 4) is 0 Å². The molecular weight excluding hydrogens is 266 g/mol. The summed E-state index contributed by atoms with van der Waals surface area (Å²) < 4.78 is 11.1. The SMILES string of the molecule is O=C(c1ccc2oc3ccccc3c2c1)N1CCOCC1. The Morgan fingerprint density at radius 3 is 2.57 bits per heavy atom. The number of hydrogen-bond donors (Lipinski definition) is 0. The van der Waals surface area contributed by atoms with Gasteiger partial charge >= 0.3 is 0 Å². The zero-order valence-corrected chi connectivity index (χ0v) is 11.5. The van der Waals surface area contributed by atoms with Crippen LogP contribution < -0.4 is 0 Å². The lowest BCUT2D eigenvalue weighted by molar-refractivity contribution is 0.0303. The van der Waals surface area contributed by atoms with Crippen LogP contribution >= 0.6 is 0 Å². The molecule has 4 rings (SSSR count). The van der Waals surface area contributed by atoms with Crippen LogP contribution in [-0.4, -0.2) is 37.1 Å². The lowest BCUT2D eigenvalue weighted by Gasteiger charge is -2.26. The molecule has 2 heterocycles. The number of furan rings is 1. The summed E-state index contributed by atoms with van der Waals surface area (Å²) in [4.78, 5) is 14.4. The second kappa shape index (κ2) is 4.90. The topological polar surface area (TPSA) is 42.7 Å². The first-order chi connectivity index (χ1) is 10.3. The Balaban J connectivity index is 1.78. The molecule has 0 unspecified atom stereocenters. The van der Waals surface area contributed by atoms with Crippen molar-refractivity contribution in [2.24, 2.45) is 0 Å². The molecule has 3 aromatic rings. The molecular formula is C17H15NO3. The summed E-state index contributed by atoms with van der Waals surface area (Å²) in [6.07, 6.45) is 0. The quantitative estimate of drug-likeness (QED) is 0.688. The van der Waals surface area contributed by atoms with E-state index in [0.29, 0.717) is 31.9 Å². The number of nitrogens with zero attached hydrogens (tertiary/aromatic N) is 1. The standard InChI is InChI=1S/C17H15NO3/c19-17(18-7-9-20-10-8-18)12-5-6-16-14(11-12)13-3-1-2-4-15(13)21-16/h1-6,11H,7-10H2. The van der Waals surface area contributed by atoms with Crippen LogP contribution in [-0.2, 0) is 4.74 Å². The Labute approximate surface area is 121 Å². The van der Waals surface area contributed by atoms with Crippen LogP contribution in [0, 0.1) is 0 Å². The summed E-state index contributed by atoms with van der Waals surface area (Å²) >= 11 is 0. The molecule has 21 heavy (non-hydrogen) atoms. The van der Waals surface area contributed by atoms with Crippen molar-refractivity contribution in [2.45, 2.75) is 0 Å². The molecule has 0 atom stereocenters. The molecule has 4 nitrogen and oxygen atoms in total. The second-order valence-corrected chi connectivity index (χ2v) is 5.21. The van der Waals surface area contributed by atoms with Gasteiger partial charge in [-0.25, -0.2) is 0 Å². The summed E-state index contributed by atoms with van der Waals surface area (Å²) in [5.74, 6) is 0.0606. The Kier molecular flexibility index (Phi) is 2.89. The van der Waals surface area contributed by atoms with E-state index in [4.69, 9.17) is 9.15 Å². The van der Waals surface area contributed by atoms with E-state index >= 15 is 0 Å². The minimum absolute atomic E-state index is 0.0606. The van der Waals surface area contributed by atoms with Crippen molar-refractivity contribution in [3.63, 3.8) is 0 Å². The molecule has 1 saturated heterocycles. The third-order valence-corrected chi connectivity index (χ3v) is 3.92. The van der Waals surface area contributed by atoms with Gasteiger partial charge in [-0.3, -0.25) is 4.79 Å². The molecule has 4 heteroatoms. The van der Waals surface area contributed by atoms with E-state index < -0.39 is 0 Å². The van der Waals surface area contributed by atoms with Crippen molar-refractivity contribution in [3.05, 3.63) is 48.0 Å². The van der Waals surface area contributed by atoms with Gasteiger partial charge in [0.2, 0.25) is 0 Å². The number of carbonyl (C=O) groups excluding carboxylic acids is 1. The largest absolute Gasteiger partial charge is 0.456 e. The van der Waals surface area contributed by atoms with Crippen molar-refractivity contribution in [2.75, 3.05) is 26.3 Å². The van der Waals surface area contributed by atoms with E-state index in [9.17, 15) is 4.79 Å². The predicted octanol–water partition coefficient (Wildman–Crippen LogP) is 3.06. The van der Waals surface area contributed by atoms with Gasteiger partial charge in [-0.15, -0.1) is 0 Å². The summed E-state index contributed by atoms with van der Waals surface area (Å²) in [6.45, 7) is 2.54. The molecule has 1 aliphatic heterocycles. The van der Waals surface area contributed by atoms with Gasteiger partial charge in [0.05, 0.1) is 13.2 Å².